The Morgan fingerprint density at radius 2 is 2.36 bits per heavy atom. The van der Waals surface area contributed by atoms with Gasteiger partial charge in [-0.3, -0.25) is 9.88 Å². The molecule has 3 heteroatoms. The lowest BCUT2D eigenvalue weighted by atomic mass is 10.2. The van der Waals surface area contributed by atoms with Crippen molar-refractivity contribution in [3.8, 4) is 0 Å². The molecule has 76 valence electrons. The van der Waals surface area contributed by atoms with Gasteiger partial charge in [0.05, 0.1) is 5.69 Å². The van der Waals surface area contributed by atoms with Crippen molar-refractivity contribution in [2.24, 2.45) is 0 Å². The van der Waals surface area contributed by atoms with E-state index < -0.39 is 0 Å². The Bertz CT molecular complexity index is 297. The smallest absolute Gasteiger partial charge is 0.0572 e. The zero-order valence-electron chi connectivity index (χ0n) is 8.57. The summed E-state index contributed by atoms with van der Waals surface area (Å²) in [6.45, 7) is 6.79. The number of hydrogen-bond acceptors (Lipinski definition) is 2. The Kier molecular flexibility index (Phi) is 4.29. The number of rotatable bonds is 4. The third kappa shape index (κ3) is 3.24. The Balaban J connectivity index is 2.65. The normalized spacial score (nSPS) is 12.9. The van der Waals surface area contributed by atoms with Crippen LogP contribution in [0, 0.1) is 0 Å². The van der Waals surface area contributed by atoms with E-state index in [1.54, 1.807) is 0 Å². The average Bonchev–Trinajstić information content (AvgIpc) is 2.17. The molecule has 0 amide bonds. The highest BCUT2D eigenvalue weighted by atomic mass is 79.9. The second kappa shape index (κ2) is 5.27. The molecule has 0 N–H and O–H groups in total. The van der Waals surface area contributed by atoms with Crippen molar-refractivity contribution >= 4 is 15.9 Å². The minimum absolute atomic E-state index is 0.311. The molecule has 14 heavy (non-hydrogen) atoms. The number of halogens is 1. The molecular formula is C11H15BrN2. The lowest BCUT2D eigenvalue weighted by molar-refractivity contribution is 0.283. The number of pyridine rings is 1. The van der Waals surface area contributed by atoms with E-state index in [0.29, 0.717) is 6.04 Å². The van der Waals surface area contributed by atoms with Crippen LogP contribution in [0.15, 0.2) is 35.5 Å². The lowest BCUT2D eigenvalue weighted by Gasteiger charge is -2.23. The molecule has 1 aromatic heterocycles. The standard InChI is InChI=1S/C11H15BrN2/c1-9(12)8-14(3)10(2)11-6-4-5-7-13-11/h4-7,10H,1,8H2,2-3H3/t10-/m0/s1. The molecule has 0 saturated heterocycles. The van der Waals surface area contributed by atoms with Crippen LogP contribution in [0.2, 0.25) is 0 Å². The van der Waals surface area contributed by atoms with E-state index in [9.17, 15) is 0 Å². The van der Waals surface area contributed by atoms with E-state index in [-0.39, 0.29) is 0 Å². The zero-order chi connectivity index (χ0) is 10.6. The van der Waals surface area contributed by atoms with Gasteiger partial charge >= 0.3 is 0 Å². The van der Waals surface area contributed by atoms with Crippen LogP contribution in [0.5, 0.6) is 0 Å². The van der Waals surface area contributed by atoms with E-state index in [1.165, 1.54) is 0 Å². The van der Waals surface area contributed by atoms with Crippen molar-refractivity contribution < 1.29 is 0 Å². The first-order chi connectivity index (χ1) is 6.61. The van der Waals surface area contributed by atoms with Crippen LogP contribution in [0.1, 0.15) is 18.7 Å². The highest BCUT2D eigenvalue weighted by molar-refractivity contribution is 9.11. The molecule has 1 rings (SSSR count). The van der Waals surface area contributed by atoms with E-state index in [4.69, 9.17) is 0 Å². The first-order valence-electron chi connectivity index (χ1n) is 4.55. The fourth-order valence-electron chi connectivity index (χ4n) is 1.26. The Hall–Kier alpha value is -0.670. The van der Waals surface area contributed by atoms with Gasteiger partial charge in [0, 0.05) is 23.3 Å². The zero-order valence-corrected chi connectivity index (χ0v) is 10.2. The summed E-state index contributed by atoms with van der Waals surface area (Å²) in [7, 11) is 2.06. The van der Waals surface area contributed by atoms with Crippen molar-refractivity contribution in [2.75, 3.05) is 13.6 Å². The predicted octanol–water partition coefficient (Wildman–Crippen LogP) is 2.98. The van der Waals surface area contributed by atoms with Gasteiger partial charge < -0.3 is 0 Å². The van der Waals surface area contributed by atoms with Gasteiger partial charge in [-0.15, -0.1) is 0 Å². The van der Waals surface area contributed by atoms with Crippen molar-refractivity contribution in [3.05, 3.63) is 41.2 Å². The maximum atomic E-state index is 4.32. The average molecular weight is 255 g/mol. The topological polar surface area (TPSA) is 16.1 Å². The summed E-state index contributed by atoms with van der Waals surface area (Å²) in [5.74, 6) is 0. The van der Waals surface area contributed by atoms with Gasteiger partial charge in [0.25, 0.3) is 0 Å². The molecule has 0 aliphatic carbocycles. The molecule has 0 spiro atoms. The second-order valence-corrected chi connectivity index (χ2v) is 4.48. The van der Waals surface area contributed by atoms with Crippen LogP contribution in [0.4, 0.5) is 0 Å². The van der Waals surface area contributed by atoms with Gasteiger partial charge in [0.15, 0.2) is 0 Å². The Labute approximate surface area is 93.8 Å². The largest absolute Gasteiger partial charge is 0.293 e. The first-order valence-corrected chi connectivity index (χ1v) is 5.35. The number of hydrogen-bond donors (Lipinski definition) is 0. The third-order valence-corrected chi connectivity index (χ3v) is 2.45. The van der Waals surface area contributed by atoms with Crippen LogP contribution >= 0.6 is 15.9 Å². The Morgan fingerprint density at radius 1 is 1.64 bits per heavy atom. The minimum atomic E-state index is 0.311. The monoisotopic (exact) mass is 254 g/mol. The number of likely N-dealkylation sites (N-methyl/N-ethyl adjacent to an activating group) is 1. The molecule has 0 unspecified atom stereocenters. The van der Waals surface area contributed by atoms with Gasteiger partial charge in [-0.1, -0.05) is 28.6 Å². The third-order valence-electron chi connectivity index (χ3n) is 2.20. The fraction of sp³-hybridized carbons (Fsp3) is 0.364. The summed E-state index contributed by atoms with van der Waals surface area (Å²) in [5.41, 5.74) is 1.09. The van der Waals surface area contributed by atoms with Gasteiger partial charge in [0.1, 0.15) is 0 Å². The SMILES string of the molecule is C=C(Br)CN(C)[C@@H](C)c1ccccn1. The molecule has 1 atom stereocenters. The van der Waals surface area contributed by atoms with Crippen LogP contribution in [0.25, 0.3) is 0 Å². The van der Waals surface area contributed by atoms with E-state index in [1.807, 2.05) is 24.4 Å². The predicted molar refractivity (Wildman–Crippen MR) is 63.3 cm³/mol. The lowest BCUT2D eigenvalue weighted by Crippen LogP contribution is -2.24. The van der Waals surface area contributed by atoms with E-state index >= 15 is 0 Å². The maximum Gasteiger partial charge on any atom is 0.0572 e. The quantitative estimate of drug-likeness (QED) is 0.822. The highest BCUT2D eigenvalue weighted by Gasteiger charge is 2.11. The molecule has 2 nitrogen and oxygen atoms in total. The fourth-order valence-corrected chi connectivity index (χ4v) is 1.65. The molecular weight excluding hydrogens is 240 g/mol. The van der Waals surface area contributed by atoms with Crippen LogP contribution in [0.3, 0.4) is 0 Å². The maximum absolute atomic E-state index is 4.32. The molecule has 0 aliphatic heterocycles. The van der Waals surface area contributed by atoms with Crippen molar-refractivity contribution in [3.63, 3.8) is 0 Å². The molecule has 0 radical (unpaired) electrons. The van der Waals surface area contributed by atoms with Crippen molar-refractivity contribution in [1.82, 2.24) is 9.88 Å². The molecule has 0 saturated carbocycles. The van der Waals surface area contributed by atoms with Gasteiger partial charge in [0.2, 0.25) is 0 Å². The summed E-state index contributed by atoms with van der Waals surface area (Å²) in [6, 6.07) is 6.29. The van der Waals surface area contributed by atoms with Crippen LogP contribution < -0.4 is 0 Å². The summed E-state index contributed by atoms with van der Waals surface area (Å²) in [6.07, 6.45) is 1.82. The molecule has 0 aliphatic rings. The van der Waals surface area contributed by atoms with Gasteiger partial charge in [-0.05, 0) is 26.1 Å². The van der Waals surface area contributed by atoms with Crippen LogP contribution in [-0.4, -0.2) is 23.5 Å². The molecule has 0 bridgehead atoms. The summed E-state index contributed by atoms with van der Waals surface area (Å²) in [5, 5.41) is 0. The van der Waals surface area contributed by atoms with Gasteiger partial charge in [-0.2, -0.15) is 0 Å². The minimum Gasteiger partial charge on any atom is -0.293 e. The molecule has 1 heterocycles. The Morgan fingerprint density at radius 3 is 2.86 bits per heavy atom. The van der Waals surface area contributed by atoms with Crippen molar-refractivity contribution in [2.45, 2.75) is 13.0 Å². The van der Waals surface area contributed by atoms with Crippen molar-refractivity contribution in [1.29, 1.82) is 0 Å². The molecule has 0 fully saturated rings. The highest BCUT2D eigenvalue weighted by Crippen LogP contribution is 2.17. The molecule has 1 aromatic rings. The van der Waals surface area contributed by atoms with Crippen LogP contribution in [-0.2, 0) is 0 Å². The second-order valence-electron chi connectivity index (χ2n) is 3.36. The number of nitrogens with zero attached hydrogens (tertiary/aromatic N) is 2. The summed E-state index contributed by atoms with van der Waals surface area (Å²) in [4.78, 5) is 6.51. The van der Waals surface area contributed by atoms with E-state index in [2.05, 4.69) is 46.4 Å². The first kappa shape index (κ1) is 11.4. The summed E-state index contributed by atoms with van der Waals surface area (Å²) < 4.78 is 0.989. The van der Waals surface area contributed by atoms with E-state index in [0.717, 1.165) is 16.7 Å². The van der Waals surface area contributed by atoms with Gasteiger partial charge in [-0.25, -0.2) is 0 Å². The summed E-state index contributed by atoms with van der Waals surface area (Å²) >= 11 is 3.36. The number of aromatic nitrogens is 1. The molecule has 0 aromatic carbocycles.